The van der Waals surface area contributed by atoms with Gasteiger partial charge >= 0.3 is 5.97 Å². The van der Waals surface area contributed by atoms with Gasteiger partial charge in [-0.2, -0.15) is 4.31 Å². The maximum Gasteiger partial charge on any atom is 0.352 e. The molecule has 0 aromatic carbocycles. The molecule has 0 aliphatic heterocycles. The fourth-order valence-corrected chi connectivity index (χ4v) is 3.67. The van der Waals surface area contributed by atoms with Crippen molar-refractivity contribution in [1.82, 2.24) is 8.87 Å². The second-order valence-corrected chi connectivity index (χ2v) is 6.93. The molecule has 0 saturated heterocycles. The molecular weight excluding hydrogens is 296 g/mol. The van der Waals surface area contributed by atoms with Gasteiger partial charge in [0.2, 0.25) is 10.0 Å². The SMILES string of the molecule is CCN(CCOC)S(=O)(=O)c1cc(C(=O)O)n(C2CC2)c1. The van der Waals surface area contributed by atoms with E-state index in [0.29, 0.717) is 13.2 Å². The third kappa shape index (κ3) is 3.28. The molecule has 7 nitrogen and oxygen atoms in total. The molecular formula is C13H20N2O5S. The smallest absolute Gasteiger partial charge is 0.352 e. The standard InChI is InChI=1S/C13H20N2O5S/c1-3-14(6-7-20-2)21(18,19)11-8-12(13(16)17)15(9-11)10-4-5-10/h8-10H,3-7H2,1-2H3,(H,16,17). The van der Waals surface area contributed by atoms with Crippen molar-refractivity contribution in [2.45, 2.75) is 30.7 Å². The van der Waals surface area contributed by atoms with Gasteiger partial charge in [-0.05, 0) is 18.9 Å². The van der Waals surface area contributed by atoms with E-state index in [0.717, 1.165) is 12.8 Å². The largest absolute Gasteiger partial charge is 0.477 e. The third-order valence-electron chi connectivity index (χ3n) is 3.52. The molecule has 1 N–H and O–H groups in total. The van der Waals surface area contributed by atoms with Gasteiger partial charge in [0, 0.05) is 32.4 Å². The van der Waals surface area contributed by atoms with Gasteiger partial charge in [0.15, 0.2) is 0 Å². The number of carboxylic acid groups (broad SMARTS) is 1. The van der Waals surface area contributed by atoms with Crippen LogP contribution in [-0.4, -0.2) is 55.2 Å². The van der Waals surface area contributed by atoms with Gasteiger partial charge in [-0.3, -0.25) is 0 Å². The number of methoxy groups -OCH3 is 1. The highest BCUT2D eigenvalue weighted by Gasteiger charge is 2.32. The second-order valence-electron chi connectivity index (χ2n) is 4.99. The predicted molar refractivity (Wildman–Crippen MR) is 76.0 cm³/mol. The highest BCUT2D eigenvalue weighted by Crippen LogP contribution is 2.37. The van der Waals surface area contributed by atoms with Crippen LogP contribution in [0.3, 0.4) is 0 Å². The van der Waals surface area contributed by atoms with Crippen molar-refractivity contribution < 1.29 is 23.1 Å². The molecule has 118 valence electrons. The van der Waals surface area contributed by atoms with Gasteiger partial charge in [-0.1, -0.05) is 6.92 Å². The molecule has 0 bridgehead atoms. The molecule has 1 heterocycles. The fourth-order valence-electron chi connectivity index (χ4n) is 2.21. The van der Waals surface area contributed by atoms with Crippen molar-refractivity contribution in [1.29, 1.82) is 0 Å². The van der Waals surface area contributed by atoms with Crippen LogP contribution in [-0.2, 0) is 14.8 Å². The lowest BCUT2D eigenvalue weighted by Gasteiger charge is -2.19. The van der Waals surface area contributed by atoms with Gasteiger partial charge in [0.1, 0.15) is 10.6 Å². The van der Waals surface area contributed by atoms with Crippen LogP contribution < -0.4 is 0 Å². The summed E-state index contributed by atoms with van der Waals surface area (Å²) in [5.74, 6) is -1.11. The van der Waals surface area contributed by atoms with Gasteiger partial charge < -0.3 is 14.4 Å². The van der Waals surface area contributed by atoms with Crippen molar-refractivity contribution >= 4 is 16.0 Å². The minimum Gasteiger partial charge on any atom is -0.477 e. The first-order valence-corrected chi connectivity index (χ1v) is 8.30. The first-order valence-electron chi connectivity index (χ1n) is 6.86. The number of rotatable bonds is 8. The number of carbonyl (C=O) groups is 1. The van der Waals surface area contributed by atoms with E-state index in [1.54, 1.807) is 11.5 Å². The van der Waals surface area contributed by atoms with Gasteiger partial charge in [0.05, 0.1) is 6.61 Å². The highest BCUT2D eigenvalue weighted by molar-refractivity contribution is 7.89. The molecule has 0 radical (unpaired) electrons. The molecule has 1 aliphatic rings. The number of carboxylic acids is 1. The number of nitrogens with zero attached hydrogens (tertiary/aromatic N) is 2. The monoisotopic (exact) mass is 316 g/mol. The summed E-state index contributed by atoms with van der Waals surface area (Å²) in [6.45, 7) is 2.58. The van der Waals surface area contributed by atoms with Crippen molar-refractivity contribution in [2.75, 3.05) is 26.8 Å². The quantitative estimate of drug-likeness (QED) is 0.778. The molecule has 1 fully saturated rings. The zero-order chi connectivity index (χ0) is 15.6. The minimum atomic E-state index is -3.70. The summed E-state index contributed by atoms with van der Waals surface area (Å²) in [6, 6.07) is 1.35. The number of hydrogen-bond acceptors (Lipinski definition) is 4. The van der Waals surface area contributed by atoms with Crippen LogP contribution in [0.5, 0.6) is 0 Å². The summed E-state index contributed by atoms with van der Waals surface area (Å²) >= 11 is 0. The Morgan fingerprint density at radius 1 is 1.52 bits per heavy atom. The van der Waals surface area contributed by atoms with Crippen LogP contribution in [0.2, 0.25) is 0 Å². The van der Waals surface area contributed by atoms with Crippen molar-refractivity contribution in [3.05, 3.63) is 18.0 Å². The van der Waals surface area contributed by atoms with Gasteiger partial charge in [-0.25, -0.2) is 13.2 Å². The molecule has 1 aromatic rings. The van der Waals surface area contributed by atoms with E-state index in [9.17, 15) is 18.3 Å². The summed E-state index contributed by atoms with van der Waals surface area (Å²) in [6.07, 6.45) is 3.21. The van der Waals surface area contributed by atoms with Crippen molar-refractivity contribution in [3.63, 3.8) is 0 Å². The highest BCUT2D eigenvalue weighted by atomic mass is 32.2. The van der Waals surface area contributed by atoms with Crippen LogP contribution in [0.4, 0.5) is 0 Å². The topological polar surface area (TPSA) is 88.8 Å². The molecule has 0 spiro atoms. The van der Waals surface area contributed by atoms with Crippen LogP contribution in [0.1, 0.15) is 36.3 Å². The first-order chi connectivity index (χ1) is 9.91. The summed E-state index contributed by atoms with van der Waals surface area (Å²) in [4.78, 5) is 11.3. The van der Waals surface area contributed by atoms with Crippen molar-refractivity contribution in [2.24, 2.45) is 0 Å². The third-order valence-corrected chi connectivity index (χ3v) is 5.46. The maximum atomic E-state index is 12.6. The van der Waals surface area contributed by atoms with Gasteiger partial charge in [-0.15, -0.1) is 0 Å². The van der Waals surface area contributed by atoms with Gasteiger partial charge in [0.25, 0.3) is 0 Å². The zero-order valence-corrected chi connectivity index (χ0v) is 13.0. The van der Waals surface area contributed by atoms with Crippen LogP contribution in [0.25, 0.3) is 0 Å². The Hall–Kier alpha value is -1.38. The maximum absolute atomic E-state index is 12.6. The Balaban J connectivity index is 2.35. The van der Waals surface area contributed by atoms with Crippen molar-refractivity contribution in [3.8, 4) is 0 Å². The van der Waals surface area contributed by atoms with Crippen LogP contribution in [0.15, 0.2) is 17.2 Å². The molecule has 8 heteroatoms. The molecule has 1 saturated carbocycles. The molecule has 0 unspecified atom stereocenters. The summed E-state index contributed by atoms with van der Waals surface area (Å²) in [5, 5.41) is 9.21. The number of likely N-dealkylation sites (N-methyl/N-ethyl adjacent to an activating group) is 1. The number of ether oxygens (including phenoxy) is 1. The summed E-state index contributed by atoms with van der Waals surface area (Å²) < 4.78 is 32.9. The Labute approximate surface area is 124 Å². The average Bonchev–Trinajstić information content (AvgIpc) is 3.17. The van der Waals surface area contributed by atoms with E-state index >= 15 is 0 Å². The fraction of sp³-hybridized carbons (Fsp3) is 0.615. The lowest BCUT2D eigenvalue weighted by Crippen LogP contribution is -2.33. The molecule has 2 rings (SSSR count). The molecule has 21 heavy (non-hydrogen) atoms. The zero-order valence-electron chi connectivity index (χ0n) is 12.2. The minimum absolute atomic E-state index is 0.0267. The summed E-state index contributed by atoms with van der Waals surface area (Å²) in [5.41, 5.74) is 0.0267. The van der Waals surface area contributed by atoms with E-state index in [1.165, 1.54) is 23.7 Å². The Kier molecular flexibility index (Phi) is 4.70. The average molecular weight is 316 g/mol. The number of aromatic carboxylic acids is 1. The summed E-state index contributed by atoms with van der Waals surface area (Å²) in [7, 11) is -2.19. The lowest BCUT2D eigenvalue weighted by molar-refractivity contribution is 0.0685. The molecule has 0 atom stereocenters. The van der Waals surface area contributed by atoms with E-state index in [2.05, 4.69) is 0 Å². The predicted octanol–water partition coefficient (Wildman–Crippen LogP) is 1.18. The van der Waals surface area contributed by atoms with E-state index in [1.807, 2.05) is 0 Å². The first kappa shape index (κ1) is 16.0. The Bertz CT molecular complexity index is 619. The molecule has 1 aromatic heterocycles. The van der Waals surface area contributed by atoms with Crippen LogP contribution >= 0.6 is 0 Å². The molecule has 1 aliphatic carbocycles. The van der Waals surface area contributed by atoms with E-state index in [-0.39, 0.29) is 23.2 Å². The second kappa shape index (κ2) is 6.17. The van der Waals surface area contributed by atoms with Crippen LogP contribution in [0, 0.1) is 0 Å². The molecule has 0 amide bonds. The number of hydrogen-bond donors (Lipinski definition) is 1. The Morgan fingerprint density at radius 3 is 2.67 bits per heavy atom. The van der Waals surface area contributed by atoms with E-state index in [4.69, 9.17) is 4.74 Å². The lowest BCUT2D eigenvalue weighted by atomic mass is 10.4. The Morgan fingerprint density at radius 2 is 2.19 bits per heavy atom. The number of aromatic nitrogens is 1. The number of sulfonamides is 1. The van der Waals surface area contributed by atoms with E-state index < -0.39 is 16.0 Å². The normalized spacial score (nSPS) is 15.6.